The number of rotatable bonds is 4. The molecule has 0 N–H and O–H groups in total. The zero-order valence-corrected chi connectivity index (χ0v) is 12.1. The molecule has 0 heterocycles. The van der Waals surface area contributed by atoms with E-state index in [1.54, 1.807) is 26.5 Å². The molecule has 0 aromatic carbocycles. The third-order valence-corrected chi connectivity index (χ3v) is 1.88. The molecular weight excluding hydrogens is 190 g/mol. The Hall–Kier alpha value is 0.455. The van der Waals surface area contributed by atoms with Crippen molar-refractivity contribution in [3.63, 3.8) is 0 Å². The van der Waals surface area contributed by atoms with Crippen molar-refractivity contribution in [1.29, 1.82) is 0 Å². The molecule has 84 valence electrons. The van der Waals surface area contributed by atoms with Crippen LogP contribution in [0.2, 0.25) is 0 Å². The Morgan fingerprint density at radius 2 is 1.06 bits per heavy atom. The number of hydrogen-bond donors (Lipinski definition) is 0. The summed E-state index contributed by atoms with van der Waals surface area (Å²) in [6.07, 6.45) is 3.28. The van der Waals surface area contributed by atoms with Gasteiger partial charge in [-0.05, 0) is 0 Å². The minimum Gasteiger partial charge on any atom is -0.664 e. The molecule has 0 aliphatic heterocycles. The molecule has 0 rings (SSSR count). The van der Waals surface area contributed by atoms with E-state index in [1.807, 2.05) is 14.1 Å². The summed E-state index contributed by atoms with van der Waals surface area (Å²) in [6.45, 7) is 4.13. The van der Waals surface area contributed by atoms with Crippen molar-refractivity contribution in [2.24, 2.45) is 9.98 Å². The number of likely N-dealkylation sites (N-methyl/N-ethyl adjacent to an activating group) is 2. The van der Waals surface area contributed by atoms with Gasteiger partial charge >= 0.3 is 37.7 Å². The molecule has 0 amide bonds. The van der Waals surface area contributed by atoms with Gasteiger partial charge in [0.15, 0.2) is 0 Å². The van der Waals surface area contributed by atoms with E-state index in [9.17, 15) is 0 Å². The largest absolute Gasteiger partial charge is 1.00 e. The van der Waals surface area contributed by atoms with Gasteiger partial charge in [-0.1, -0.05) is 13.8 Å². The second-order valence-electron chi connectivity index (χ2n) is 2.81. The Kier molecular flexibility index (Phi) is 33.0. The summed E-state index contributed by atoms with van der Waals surface area (Å²) in [6, 6.07) is 0.750. The smallest absolute Gasteiger partial charge is 0.664 e. The summed E-state index contributed by atoms with van der Waals surface area (Å²) in [7, 11) is 7.07. The average molecular weight is 212 g/mol. The molecule has 2 atom stereocenters. The SMILES string of the molecule is CN=CC=NC.C[N-][C@@H](C)[C@H](C)[N-]C.[Li+].[Li+]. The maximum Gasteiger partial charge on any atom is 1.00 e. The molecule has 6 heteroatoms. The summed E-state index contributed by atoms with van der Waals surface area (Å²) >= 11 is 0. The molecule has 0 aliphatic rings. The summed E-state index contributed by atoms with van der Waals surface area (Å²) in [5, 5.41) is 8.13. The van der Waals surface area contributed by atoms with Crippen LogP contribution >= 0.6 is 0 Å². The standard InChI is InChI=1S/C6H14N2.C4H8N2.2Li/c1-5(7-3)6(2)8-4;1-5-3-4-6-2;;/h5-6H,1-4H3;3-4H,1-2H3;;/q-2;;2*+1/t5-,6-;;;/m0.../s1. The quantitative estimate of drug-likeness (QED) is 0.339. The van der Waals surface area contributed by atoms with Gasteiger partial charge in [-0.3, -0.25) is 9.98 Å². The molecule has 0 fully saturated rings. The third kappa shape index (κ3) is 19.9. The molecule has 0 aromatic heterocycles. The van der Waals surface area contributed by atoms with Crippen LogP contribution in [-0.4, -0.2) is 52.7 Å². The van der Waals surface area contributed by atoms with E-state index in [0.717, 1.165) is 0 Å². The van der Waals surface area contributed by atoms with Crippen molar-refractivity contribution in [2.75, 3.05) is 28.2 Å². The third-order valence-electron chi connectivity index (χ3n) is 1.88. The first-order valence-electron chi connectivity index (χ1n) is 4.64. The van der Waals surface area contributed by atoms with Crippen molar-refractivity contribution in [3.05, 3.63) is 10.6 Å². The molecule has 0 radical (unpaired) electrons. The van der Waals surface area contributed by atoms with Gasteiger partial charge in [0, 0.05) is 26.5 Å². The van der Waals surface area contributed by atoms with Gasteiger partial charge < -0.3 is 10.6 Å². The Morgan fingerprint density at radius 1 is 0.812 bits per heavy atom. The molecule has 0 aromatic rings. The maximum absolute atomic E-state index is 4.07. The van der Waals surface area contributed by atoms with Crippen molar-refractivity contribution >= 4 is 12.4 Å². The van der Waals surface area contributed by atoms with Crippen molar-refractivity contribution in [1.82, 2.24) is 0 Å². The van der Waals surface area contributed by atoms with Gasteiger partial charge in [0.2, 0.25) is 0 Å². The summed E-state index contributed by atoms with van der Waals surface area (Å²) < 4.78 is 0. The van der Waals surface area contributed by atoms with Crippen LogP contribution in [0.25, 0.3) is 10.6 Å². The minimum absolute atomic E-state index is 0. The predicted molar refractivity (Wildman–Crippen MR) is 66.3 cm³/mol. The molecule has 16 heavy (non-hydrogen) atoms. The van der Waals surface area contributed by atoms with Crippen LogP contribution in [0, 0.1) is 0 Å². The topological polar surface area (TPSA) is 52.9 Å². The number of aliphatic imine (C=N–C) groups is 2. The van der Waals surface area contributed by atoms with E-state index in [-0.39, 0.29) is 37.7 Å². The van der Waals surface area contributed by atoms with E-state index >= 15 is 0 Å². The Labute approximate surface area is 125 Å². The molecule has 0 bridgehead atoms. The van der Waals surface area contributed by atoms with Crippen LogP contribution < -0.4 is 37.7 Å². The number of nitrogens with zero attached hydrogens (tertiary/aromatic N) is 4. The zero-order chi connectivity index (χ0) is 11.4. The van der Waals surface area contributed by atoms with Crippen LogP contribution in [0.5, 0.6) is 0 Å². The van der Waals surface area contributed by atoms with E-state index < -0.39 is 0 Å². The second-order valence-corrected chi connectivity index (χ2v) is 2.81. The van der Waals surface area contributed by atoms with Gasteiger partial charge in [0.05, 0.1) is 0 Å². The number of hydrogen-bond acceptors (Lipinski definition) is 2. The van der Waals surface area contributed by atoms with E-state index in [4.69, 9.17) is 0 Å². The maximum atomic E-state index is 4.07. The molecule has 0 aliphatic carbocycles. The normalized spacial score (nSPS) is 13.4. The van der Waals surface area contributed by atoms with Crippen molar-refractivity contribution < 1.29 is 37.7 Å². The molecule has 0 saturated carbocycles. The fraction of sp³-hybridized carbons (Fsp3) is 0.800. The van der Waals surface area contributed by atoms with E-state index in [2.05, 4.69) is 34.5 Å². The van der Waals surface area contributed by atoms with E-state index in [0.29, 0.717) is 12.1 Å². The predicted octanol–water partition coefficient (Wildman–Crippen LogP) is -3.83. The summed E-state index contributed by atoms with van der Waals surface area (Å²) in [4.78, 5) is 7.30. The van der Waals surface area contributed by atoms with Crippen LogP contribution in [-0.2, 0) is 0 Å². The fourth-order valence-electron chi connectivity index (χ4n) is 0.565. The molecule has 0 saturated heterocycles. The summed E-state index contributed by atoms with van der Waals surface area (Å²) in [5.41, 5.74) is 0. The van der Waals surface area contributed by atoms with Crippen LogP contribution in [0.15, 0.2) is 9.98 Å². The van der Waals surface area contributed by atoms with Gasteiger partial charge in [0.1, 0.15) is 0 Å². The summed E-state index contributed by atoms with van der Waals surface area (Å²) in [5.74, 6) is 0. The van der Waals surface area contributed by atoms with Crippen LogP contribution in [0.1, 0.15) is 13.8 Å². The molecule has 4 nitrogen and oxygen atoms in total. The minimum atomic E-state index is 0. The monoisotopic (exact) mass is 212 g/mol. The Morgan fingerprint density at radius 3 is 1.19 bits per heavy atom. The van der Waals surface area contributed by atoms with Crippen LogP contribution in [0.4, 0.5) is 0 Å². The van der Waals surface area contributed by atoms with Crippen molar-refractivity contribution in [2.45, 2.75) is 25.9 Å². The fourth-order valence-corrected chi connectivity index (χ4v) is 0.565. The van der Waals surface area contributed by atoms with Crippen LogP contribution in [0.3, 0.4) is 0 Å². The van der Waals surface area contributed by atoms with E-state index in [1.165, 1.54) is 0 Å². The first kappa shape index (κ1) is 25.3. The first-order valence-corrected chi connectivity index (χ1v) is 4.64. The van der Waals surface area contributed by atoms with Gasteiger partial charge in [0.25, 0.3) is 0 Å². The first-order chi connectivity index (χ1) is 6.63. The van der Waals surface area contributed by atoms with Gasteiger partial charge in [-0.15, -0.1) is 0 Å². The Bertz CT molecular complexity index is 145. The molecule has 0 spiro atoms. The second kappa shape index (κ2) is 20.8. The van der Waals surface area contributed by atoms with Crippen molar-refractivity contribution in [3.8, 4) is 0 Å². The Balaban J connectivity index is -0.0000000825. The molecular formula is C10H22Li2N4. The van der Waals surface area contributed by atoms with Gasteiger partial charge in [-0.25, -0.2) is 0 Å². The zero-order valence-electron chi connectivity index (χ0n) is 12.1. The van der Waals surface area contributed by atoms with Gasteiger partial charge in [-0.2, -0.15) is 26.2 Å². The molecule has 0 unspecified atom stereocenters. The average Bonchev–Trinajstić information content (AvgIpc) is 2.24.